The van der Waals surface area contributed by atoms with Crippen molar-refractivity contribution in [2.75, 3.05) is 14.2 Å². The average Bonchev–Trinajstić information content (AvgIpc) is 2.63. The van der Waals surface area contributed by atoms with Crippen LogP contribution in [0.5, 0.6) is 17.4 Å². The van der Waals surface area contributed by atoms with Crippen LogP contribution in [-0.4, -0.2) is 41.4 Å². The molecular weight excluding hydrogens is 336 g/mol. The summed E-state index contributed by atoms with van der Waals surface area (Å²) in [6.45, 7) is 0. The Labute approximate surface area is 151 Å². The third-order valence-electron chi connectivity index (χ3n) is 4.68. The zero-order chi connectivity index (χ0) is 18.7. The van der Waals surface area contributed by atoms with Crippen molar-refractivity contribution in [2.45, 2.75) is 25.0 Å². The van der Waals surface area contributed by atoms with Gasteiger partial charge in [0.1, 0.15) is 11.5 Å². The molecule has 1 atom stereocenters. The number of rotatable bonds is 6. The Bertz CT molecular complexity index is 772. The number of pyridine rings is 1. The van der Waals surface area contributed by atoms with E-state index in [-0.39, 0.29) is 29.4 Å². The zero-order valence-electron chi connectivity index (χ0n) is 14.7. The molecular formula is C19H22N2O5. The Morgan fingerprint density at radius 3 is 2.54 bits per heavy atom. The van der Waals surface area contributed by atoms with E-state index in [1.54, 1.807) is 18.3 Å². The zero-order valence-corrected chi connectivity index (χ0v) is 14.7. The van der Waals surface area contributed by atoms with Gasteiger partial charge < -0.3 is 25.0 Å². The van der Waals surface area contributed by atoms with Gasteiger partial charge in [0.15, 0.2) is 0 Å². The molecule has 1 fully saturated rings. The maximum atomic E-state index is 12.7. The van der Waals surface area contributed by atoms with Gasteiger partial charge in [-0.1, -0.05) is 6.07 Å². The Hall–Kier alpha value is -2.80. The Balaban J connectivity index is 1.82. The van der Waals surface area contributed by atoms with Gasteiger partial charge in [0.25, 0.3) is 5.91 Å². The number of nitrogens with zero attached hydrogens (tertiary/aromatic N) is 1. The lowest BCUT2D eigenvalue weighted by Gasteiger charge is -2.38. The molecule has 0 unspecified atom stereocenters. The number of nitrogens with one attached hydrogen (secondary N) is 1. The van der Waals surface area contributed by atoms with Crippen LogP contribution >= 0.6 is 0 Å². The number of benzene rings is 1. The van der Waals surface area contributed by atoms with Crippen molar-refractivity contribution in [1.82, 2.24) is 10.3 Å². The molecule has 7 nitrogen and oxygen atoms in total. The number of methoxy groups -OCH3 is 2. The number of phenols is 1. The molecule has 0 radical (unpaired) electrons. The molecule has 1 heterocycles. The summed E-state index contributed by atoms with van der Waals surface area (Å²) in [5.74, 6) is 0.510. The smallest absolute Gasteiger partial charge is 0.255 e. The highest BCUT2D eigenvalue weighted by Crippen LogP contribution is 2.38. The summed E-state index contributed by atoms with van der Waals surface area (Å²) < 4.78 is 10.1. The predicted molar refractivity (Wildman–Crippen MR) is 94.4 cm³/mol. The highest BCUT2D eigenvalue weighted by atomic mass is 16.5. The second-order valence-electron chi connectivity index (χ2n) is 6.35. The van der Waals surface area contributed by atoms with E-state index in [4.69, 9.17) is 9.47 Å². The van der Waals surface area contributed by atoms with Crippen LogP contribution in [-0.2, 0) is 0 Å². The second-order valence-corrected chi connectivity index (χ2v) is 6.35. The average molecular weight is 358 g/mol. The fourth-order valence-electron chi connectivity index (χ4n) is 3.12. The maximum Gasteiger partial charge on any atom is 0.255 e. The van der Waals surface area contributed by atoms with E-state index in [0.29, 0.717) is 24.5 Å². The van der Waals surface area contributed by atoms with Crippen LogP contribution in [0.2, 0.25) is 0 Å². The van der Waals surface area contributed by atoms with Gasteiger partial charge in [-0.2, -0.15) is 0 Å². The highest BCUT2D eigenvalue weighted by Gasteiger charge is 2.36. The molecule has 26 heavy (non-hydrogen) atoms. The van der Waals surface area contributed by atoms with Crippen molar-refractivity contribution in [3.05, 3.63) is 47.7 Å². The summed E-state index contributed by atoms with van der Waals surface area (Å²) in [5.41, 5.74) is 0.987. The molecule has 0 saturated heterocycles. The van der Waals surface area contributed by atoms with Crippen LogP contribution in [0.25, 0.3) is 0 Å². The number of carbonyl (C=O) groups is 1. The van der Waals surface area contributed by atoms with Gasteiger partial charge in [0, 0.05) is 18.3 Å². The van der Waals surface area contributed by atoms with Crippen LogP contribution in [0.15, 0.2) is 36.5 Å². The first-order chi connectivity index (χ1) is 12.5. The first-order valence-electron chi connectivity index (χ1n) is 8.37. The van der Waals surface area contributed by atoms with Crippen molar-refractivity contribution in [3.63, 3.8) is 0 Å². The molecule has 1 aromatic carbocycles. The number of aliphatic hydroxyl groups is 1. The minimum atomic E-state index is -0.396. The lowest BCUT2D eigenvalue weighted by atomic mass is 9.75. The number of phenolic OH excluding ortho intramolecular Hbond substituents is 1. The van der Waals surface area contributed by atoms with Crippen LogP contribution in [0.3, 0.4) is 0 Å². The number of aliphatic hydroxyl groups excluding tert-OH is 1. The quantitative estimate of drug-likeness (QED) is 0.731. The number of amides is 1. The number of hydrogen-bond acceptors (Lipinski definition) is 6. The SMILES string of the molecule is COc1ccc(C(=O)N[C@H](c2ccc(OC)nc2)C2CC(O)C2)c(O)c1. The molecule has 1 aliphatic rings. The van der Waals surface area contributed by atoms with Gasteiger partial charge in [0.05, 0.1) is 31.9 Å². The highest BCUT2D eigenvalue weighted by molar-refractivity contribution is 5.97. The van der Waals surface area contributed by atoms with Gasteiger partial charge in [-0.3, -0.25) is 4.79 Å². The van der Waals surface area contributed by atoms with Crippen molar-refractivity contribution >= 4 is 5.91 Å². The lowest BCUT2D eigenvalue weighted by molar-refractivity contribution is 0.0234. The van der Waals surface area contributed by atoms with E-state index < -0.39 is 5.91 Å². The van der Waals surface area contributed by atoms with Crippen molar-refractivity contribution in [3.8, 4) is 17.4 Å². The molecule has 2 aromatic rings. The molecule has 3 N–H and O–H groups in total. The molecule has 1 aromatic heterocycles. The van der Waals surface area contributed by atoms with Gasteiger partial charge in [-0.15, -0.1) is 0 Å². The third kappa shape index (κ3) is 3.72. The molecule has 0 bridgehead atoms. The second kappa shape index (κ2) is 7.61. The largest absolute Gasteiger partial charge is 0.507 e. The Morgan fingerprint density at radius 2 is 2.00 bits per heavy atom. The normalized spacial score (nSPS) is 20.0. The minimum Gasteiger partial charge on any atom is -0.507 e. The summed E-state index contributed by atoms with van der Waals surface area (Å²) in [4.78, 5) is 16.9. The number of carbonyl (C=O) groups excluding carboxylic acids is 1. The summed E-state index contributed by atoms with van der Waals surface area (Å²) in [6, 6.07) is 7.79. The van der Waals surface area contributed by atoms with Crippen LogP contribution in [0, 0.1) is 5.92 Å². The number of aromatic nitrogens is 1. The van der Waals surface area contributed by atoms with Gasteiger partial charge in [-0.05, 0) is 36.5 Å². The molecule has 3 rings (SSSR count). The number of hydrogen-bond donors (Lipinski definition) is 3. The molecule has 1 aliphatic carbocycles. The van der Waals surface area contributed by atoms with E-state index in [0.717, 1.165) is 5.56 Å². The molecule has 7 heteroatoms. The van der Waals surface area contributed by atoms with E-state index in [1.807, 2.05) is 6.07 Å². The molecule has 1 amide bonds. The summed E-state index contributed by atoms with van der Waals surface area (Å²) in [6.07, 6.45) is 2.51. The van der Waals surface area contributed by atoms with Crippen molar-refractivity contribution in [2.24, 2.45) is 5.92 Å². The van der Waals surface area contributed by atoms with Gasteiger partial charge >= 0.3 is 0 Å². The van der Waals surface area contributed by atoms with Crippen molar-refractivity contribution < 1.29 is 24.5 Å². The summed E-state index contributed by atoms with van der Waals surface area (Å²) in [7, 11) is 3.03. The maximum absolute atomic E-state index is 12.7. The van der Waals surface area contributed by atoms with Crippen molar-refractivity contribution in [1.29, 1.82) is 0 Å². The Kier molecular flexibility index (Phi) is 5.27. The standard InChI is InChI=1S/C19H22N2O5/c1-25-14-4-5-15(16(23)9-14)19(24)21-18(12-7-13(22)8-12)11-3-6-17(26-2)20-10-11/h3-6,9-10,12-13,18,22-23H,7-8H2,1-2H3,(H,21,24)/t12?,13?,18-/m1/s1. The summed E-state index contributed by atoms with van der Waals surface area (Å²) >= 11 is 0. The van der Waals surface area contributed by atoms with E-state index in [2.05, 4.69) is 10.3 Å². The Morgan fingerprint density at radius 1 is 1.23 bits per heavy atom. The monoisotopic (exact) mass is 358 g/mol. The van der Waals surface area contributed by atoms with Crippen LogP contribution in [0.4, 0.5) is 0 Å². The van der Waals surface area contributed by atoms with Crippen LogP contribution in [0.1, 0.15) is 34.8 Å². The third-order valence-corrected chi connectivity index (χ3v) is 4.68. The predicted octanol–water partition coefficient (Wildman–Crippen LogP) is 2.05. The lowest BCUT2D eigenvalue weighted by Crippen LogP contribution is -2.41. The molecule has 0 spiro atoms. The molecule has 1 saturated carbocycles. The summed E-state index contributed by atoms with van der Waals surface area (Å²) in [5, 5.41) is 22.7. The topological polar surface area (TPSA) is 101 Å². The number of aromatic hydroxyl groups is 1. The fraction of sp³-hybridized carbons (Fsp3) is 0.368. The van der Waals surface area contributed by atoms with Crippen LogP contribution < -0.4 is 14.8 Å². The molecule has 138 valence electrons. The van der Waals surface area contributed by atoms with E-state index in [1.165, 1.54) is 26.4 Å². The van der Waals surface area contributed by atoms with Gasteiger partial charge in [0.2, 0.25) is 5.88 Å². The fourth-order valence-corrected chi connectivity index (χ4v) is 3.12. The van der Waals surface area contributed by atoms with E-state index in [9.17, 15) is 15.0 Å². The van der Waals surface area contributed by atoms with Gasteiger partial charge in [-0.25, -0.2) is 4.98 Å². The first kappa shape index (κ1) is 18.0. The van der Waals surface area contributed by atoms with E-state index >= 15 is 0 Å². The first-order valence-corrected chi connectivity index (χ1v) is 8.37. The minimum absolute atomic E-state index is 0.101. The molecule has 0 aliphatic heterocycles. The number of ether oxygens (including phenoxy) is 2.